The molecule has 3 aromatic rings. The number of aromatic nitrogens is 3. The summed E-state index contributed by atoms with van der Waals surface area (Å²) in [5.41, 5.74) is 2.01. The number of benzene rings is 1. The fourth-order valence-electron chi connectivity index (χ4n) is 3.11. The van der Waals surface area contributed by atoms with Crippen molar-refractivity contribution in [3.8, 4) is 17.2 Å². The quantitative estimate of drug-likeness (QED) is 0.469. The number of fused-ring (bicyclic) bond motifs is 1. The normalized spacial score (nSPS) is 10.3. The molecule has 10 heteroatoms. The SMILES string of the molecule is C.CCN(C)C(=S)N(C)c1ccc2ncc(N(C)c3cc(OC)c(OC)c(OC)c3)nc2n1. The third kappa shape index (κ3) is 5.16. The van der Waals surface area contributed by atoms with Crippen molar-refractivity contribution in [3.63, 3.8) is 0 Å². The van der Waals surface area contributed by atoms with Crippen molar-refractivity contribution in [1.82, 2.24) is 19.9 Å². The van der Waals surface area contributed by atoms with Gasteiger partial charge in [0.1, 0.15) is 11.3 Å². The summed E-state index contributed by atoms with van der Waals surface area (Å²) < 4.78 is 16.3. The molecule has 0 N–H and O–H groups in total. The maximum atomic E-state index is 5.54. The summed E-state index contributed by atoms with van der Waals surface area (Å²) in [7, 11) is 10.5. The second-order valence-corrected chi connectivity index (χ2v) is 7.40. The lowest BCUT2D eigenvalue weighted by Crippen LogP contribution is -2.38. The van der Waals surface area contributed by atoms with Gasteiger partial charge in [-0.1, -0.05) is 7.43 Å². The molecule has 0 aliphatic rings. The standard InChI is InChI=1S/C22H28N6O3S.CH4/c1-8-26(2)22(32)28(4)18-10-9-15-21(24-18)25-19(13-23-15)27(3)14-11-16(29-5)20(31-7)17(12-14)30-6;/h9-13H,8H2,1-7H3;1H4. The average molecular weight is 473 g/mol. The summed E-state index contributed by atoms with van der Waals surface area (Å²) in [6.45, 7) is 2.85. The zero-order chi connectivity index (χ0) is 23.4. The Morgan fingerprint density at radius 3 is 2.09 bits per heavy atom. The molecule has 9 nitrogen and oxygen atoms in total. The second-order valence-electron chi connectivity index (χ2n) is 7.04. The molecule has 0 amide bonds. The number of thiocarbonyl (C=S) groups is 1. The highest BCUT2D eigenvalue weighted by molar-refractivity contribution is 7.80. The molecule has 3 rings (SSSR count). The van der Waals surface area contributed by atoms with Crippen molar-refractivity contribution in [3.05, 3.63) is 30.5 Å². The van der Waals surface area contributed by atoms with E-state index in [1.807, 2.05) is 67.0 Å². The minimum Gasteiger partial charge on any atom is -0.493 e. The van der Waals surface area contributed by atoms with E-state index in [9.17, 15) is 0 Å². The first-order chi connectivity index (χ1) is 15.3. The van der Waals surface area contributed by atoms with E-state index in [0.29, 0.717) is 45.2 Å². The van der Waals surface area contributed by atoms with Gasteiger partial charge in [0.05, 0.1) is 27.5 Å². The van der Waals surface area contributed by atoms with Crippen molar-refractivity contribution in [2.75, 3.05) is 58.8 Å². The molecule has 178 valence electrons. The Balaban J connectivity index is 0.00000385. The minimum atomic E-state index is 0. The van der Waals surface area contributed by atoms with Crippen LogP contribution in [0.15, 0.2) is 30.5 Å². The molecule has 1 aromatic carbocycles. The van der Waals surface area contributed by atoms with Crippen LogP contribution in [-0.4, -0.2) is 74.0 Å². The molecular weight excluding hydrogens is 440 g/mol. The molecule has 0 bridgehead atoms. The number of anilines is 3. The van der Waals surface area contributed by atoms with E-state index < -0.39 is 0 Å². The Labute approximate surface area is 200 Å². The Morgan fingerprint density at radius 2 is 1.55 bits per heavy atom. The smallest absolute Gasteiger partial charge is 0.203 e. The lowest BCUT2D eigenvalue weighted by molar-refractivity contribution is 0.324. The van der Waals surface area contributed by atoms with Crippen molar-refractivity contribution < 1.29 is 14.2 Å². The summed E-state index contributed by atoms with van der Waals surface area (Å²) in [6.07, 6.45) is 1.70. The van der Waals surface area contributed by atoms with Crippen LogP contribution in [0.5, 0.6) is 17.2 Å². The molecular formula is C23H32N6O3S. The van der Waals surface area contributed by atoms with Crippen LogP contribution in [0.2, 0.25) is 0 Å². The Hall–Kier alpha value is -3.40. The molecule has 0 fully saturated rings. The molecule has 0 atom stereocenters. The predicted molar refractivity (Wildman–Crippen MR) is 138 cm³/mol. The van der Waals surface area contributed by atoms with Crippen molar-refractivity contribution >= 4 is 45.8 Å². The van der Waals surface area contributed by atoms with Gasteiger partial charge in [0, 0.05) is 45.5 Å². The molecule has 33 heavy (non-hydrogen) atoms. The van der Waals surface area contributed by atoms with Crippen LogP contribution >= 0.6 is 12.2 Å². The molecule has 0 aliphatic carbocycles. The van der Waals surface area contributed by atoms with Crippen LogP contribution in [0.25, 0.3) is 11.2 Å². The summed E-state index contributed by atoms with van der Waals surface area (Å²) >= 11 is 5.54. The molecule has 2 heterocycles. The van der Waals surface area contributed by atoms with Crippen LogP contribution in [0.4, 0.5) is 17.3 Å². The zero-order valence-electron chi connectivity index (χ0n) is 19.4. The van der Waals surface area contributed by atoms with E-state index in [1.54, 1.807) is 27.5 Å². The minimum absolute atomic E-state index is 0. The van der Waals surface area contributed by atoms with Gasteiger partial charge in [-0.15, -0.1) is 0 Å². The molecule has 0 spiro atoms. The van der Waals surface area contributed by atoms with E-state index in [2.05, 4.69) is 9.97 Å². The van der Waals surface area contributed by atoms with E-state index in [0.717, 1.165) is 12.2 Å². The van der Waals surface area contributed by atoms with Gasteiger partial charge in [0.25, 0.3) is 0 Å². The third-order valence-corrected chi connectivity index (χ3v) is 5.78. The average Bonchev–Trinajstić information content (AvgIpc) is 2.84. The molecule has 0 radical (unpaired) electrons. The van der Waals surface area contributed by atoms with E-state index in [4.69, 9.17) is 31.4 Å². The van der Waals surface area contributed by atoms with Crippen LogP contribution in [-0.2, 0) is 0 Å². The van der Waals surface area contributed by atoms with Crippen molar-refractivity contribution in [1.29, 1.82) is 0 Å². The first kappa shape index (κ1) is 25.9. The number of ether oxygens (including phenoxy) is 3. The van der Waals surface area contributed by atoms with E-state index >= 15 is 0 Å². The molecule has 0 unspecified atom stereocenters. The number of rotatable bonds is 7. The fourth-order valence-corrected chi connectivity index (χ4v) is 3.33. The van der Waals surface area contributed by atoms with E-state index in [1.165, 1.54) is 0 Å². The molecule has 0 saturated heterocycles. The largest absolute Gasteiger partial charge is 0.493 e. The number of pyridine rings is 1. The number of hydrogen-bond acceptors (Lipinski definition) is 8. The Kier molecular flexibility index (Phi) is 8.58. The summed E-state index contributed by atoms with van der Waals surface area (Å²) in [4.78, 5) is 19.7. The third-order valence-electron chi connectivity index (χ3n) is 5.19. The summed E-state index contributed by atoms with van der Waals surface area (Å²) in [5.74, 6) is 2.95. The lowest BCUT2D eigenvalue weighted by atomic mass is 10.2. The fraction of sp³-hybridized carbons (Fsp3) is 0.391. The molecule has 0 aliphatic heterocycles. The van der Waals surface area contributed by atoms with Gasteiger partial charge in [-0.3, -0.25) is 0 Å². The van der Waals surface area contributed by atoms with E-state index in [-0.39, 0.29) is 7.43 Å². The van der Waals surface area contributed by atoms with Crippen molar-refractivity contribution in [2.45, 2.75) is 14.4 Å². The van der Waals surface area contributed by atoms with Gasteiger partial charge in [0.2, 0.25) is 5.75 Å². The van der Waals surface area contributed by atoms with Gasteiger partial charge in [-0.05, 0) is 31.3 Å². The van der Waals surface area contributed by atoms with Crippen molar-refractivity contribution in [2.24, 2.45) is 0 Å². The van der Waals surface area contributed by atoms with Gasteiger partial charge in [0.15, 0.2) is 28.1 Å². The first-order valence-electron chi connectivity index (χ1n) is 10.0. The monoisotopic (exact) mass is 472 g/mol. The zero-order valence-corrected chi connectivity index (χ0v) is 20.2. The topological polar surface area (TPSA) is 76.1 Å². The van der Waals surface area contributed by atoms with Crippen LogP contribution in [0, 0.1) is 0 Å². The number of nitrogens with zero attached hydrogens (tertiary/aromatic N) is 6. The first-order valence-corrected chi connectivity index (χ1v) is 10.4. The molecule has 0 saturated carbocycles. The Morgan fingerprint density at radius 1 is 0.939 bits per heavy atom. The van der Waals surface area contributed by atoms with Gasteiger partial charge < -0.3 is 28.9 Å². The predicted octanol–water partition coefficient (Wildman–Crippen LogP) is 4.13. The Bertz CT molecular complexity index is 1100. The highest BCUT2D eigenvalue weighted by atomic mass is 32.1. The maximum absolute atomic E-state index is 5.54. The maximum Gasteiger partial charge on any atom is 0.203 e. The van der Waals surface area contributed by atoms with Crippen LogP contribution < -0.4 is 24.0 Å². The van der Waals surface area contributed by atoms with Crippen LogP contribution in [0.3, 0.4) is 0 Å². The van der Waals surface area contributed by atoms with Gasteiger partial charge in [-0.25, -0.2) is 15.0 Å². The van der Waals surface area contributed by atoms with Crippen LogP contribution in [0.1, 0.15) is 14.4 Å². The van der Waals surface area contributed by atoms with Gasteiger partial charge >= 0.3 is 0 Å². The number of hydrogen-bond donors (Lipinski definition) is 0. The summed E-state index contributed by atoms with van der Waals surface area (Å²) in [6, 6.07) is 7.47. The molecule has 2 aromatic heterocycles. The van der Waals surface area contributed by atoms with Gasteiger partial charge in [-0.2, -0.15) is 0 Å². The number of methoxy groups -OCH3 is 3. The second kappa shape index (κ2) is 11.0. The summed E-state index contributed by atoms with van der Waals surface area (Å²) in [5, 5.41) is 0.679. The highest BCUT2D eigenvalue weighted by Gasteiger charge is 2.18. The highest BCUT2D eigenvalue weighted by Crippen LogP contribution is 2.41. The lowest BCUT2D eigenvalue weighted by Gasteiger charge is -2.26.